The van der Waals surface area contributed by atoms with Gasteiger partial charge in [0, 0.05) is 0 Å². The summed E-state index contributed by atoms with van der Waals surface area (Å²) in [6.45, 7) is 6.97. The van der Waals surface area contributed by atoms with Crippen LogP contribution in [-0.4, -0.2) is 65.2 Å². The first-order chi connectivity index (χ1) is 9.86. The second kappa shape index (κ2) is 7.76. The predicted octanol–water partition coefficient (Wildman–Crippen LogP) is 1.57. The van der Waals surface area contributed by atoms with Gasteiger partial charge in [-0.3, -0.25) is 4.55 Å². The van der Waals surface area contributed by atoms with E-state index < -0.39 is 38.1 Å². The molecule has 7 nitrogen and oxygen atoms in total. The van der Waals surface area contributed by atoms with Gasteiger partial charge in [-0.25, -0.2) is 9.59 Å². The van der Waals surface area contributed by atoms with E-state index >= 15 is 0 Å². The summed E-state index contributed by atoms with van der Waals surface area (Å²) >= 11 is 0. The Bertz CT molecular complexity index is 708. The van der Waals surface area contributed by atoms with Crippen molar-refractivity contribution in [1.29, 1.82) is 0 Å². The molecule has 1 aromatic rings. The van der Waals surface area contributed by atoms with E-state index in [1.54, 1.807) is 13.8 Å². The van der Waals surface area contributed by atoms with E-state index in [0.29, 0.717) is 0 Å². The first-order valence-corrected chi connectivity index (χ1v) is 7.88. The Hall–Kier alpha value is -0.930. The molecule has 0 amide bonds. The van der Waals surface area contributed by atoms with Crippen LogP contribution in [0.1, 0.15) is 48.4 Å². The number of rotatable bonds is 5. The van der Waals surface area contributed by atoms with Gasteiger partial charge >= 0.3 is 41.5 Å². The summed E-state index contributed by atoms with van der Waals surface area (Å²) in [6, 6.07) is 2.79. The average molecular weight is 354 g/mol. The molecular formula is C14H19NaO7S. The van der Waals surface area contributed by atoms with Crippen molar-refractivity contribution in [2.24, 2.45) is 5.92 Å². The van der Waals surface area contributed by atoms with Gasteiger partial charge in [0.1, 0.15) is 10.5 Å². The number of benzene rings is 1. The molecule has 0 fully saturated rings. The van der Waals surface area contributed by atoms with Crippen LogP contribution in [0.5, 0.6) is 0 Å². The Labute approximate surface area is 157 Å². The number of carbonyl (C=O) groups is 2. The first-order valence-electron chi connectivity index (χ1n) is 6.44. The number of carboxylic acids is 1. The van der Waals surface area contributed by atoms with Crippen molar-refractivity contribution in [3.05, 3.63) is 29.3 Å². The minimum atomic E-state index is -4.77. The predicted molar refractivity (Wildman–Crippen MR) is 84.7 cm³/mol. The molecule has 9 heteroatoms. The van der Waals surface area contributed by atoms with E-state index in [-0.39, 0.29) is 41.0 Å². The van der Waals surface area contributed by atoms with Crippen LogP contribution in [0.4, 0.5) is 0 Å². The maximum absolute atomic E-state index is 12.2. The monoisotopic (exact) mass is 354 g/mol. The van der Waals surface area contributed by atoms with Gasteiger partial charge in [0.05, 0.1) is 11.1 Å². The molecule has 23 heavy (non-hydrogen) atoms. The topological polar surface area (TPSA) is 118 Å². The fourth-order valence-corrected chi connectivity index (χ4v) is 2.15. The quantitative estimate of drug-likeness (QED) is 0.468. The van der Waals surface area contributed by atoms with Gasteiger partial charge in [0.25, 0.3) is 10.1 Å². The zero-order valence-corrected chi connectivity index (χ0v) is 13.5. The molecule has 0 unspecified atom stereocenters. The van der Waals surface area contributed by atoms with Crippen molar-refractivity contribution in [3.8, 4) is 0 Å². The van der Waals surface area contributed by atoms with Gasteiger partial charge in [0.2, 0.25) is 0 Å². The van der Waals surface area contributed by atoms with E-state index in [2.05, 4.69) is 0 Å². The second-order valence-electron chi connectivity index (χ2n) is 5.64. The minimum absolute atomic E-state index is 0. The molecule has 0 aliphatic carbocycles. The number of aromatic carboxylic acids is 1. The Kier molecular flexibility index (Phi) is 7.45. The molecule has 1 rings (SSSR count). The van der Waals surface area contributed by atoms with Crippen LogP contribution < -0.4 is 0 Å². The van der Waals surface area contributed by atoms with Gasteiger partial charge in [-0.2, -0.15) is 8.42 Å². The van der Waals surface area contributed by atoms with E-state index in [0.717, 1.165) is 18.2 Å². The van der Waals surface area contributed by atoms with Crippen LogP contribution >= 0.6 is 0 Å². The van der Waals surface area contributed by atoms with Crippen molar-refractivity contribution in [1.82, 2.24) is 0 Å². The summed E-state index contributed by atoms with van der Waals surface area (Å²) in [5.41, 5.74) is -1.65. The fourth-order valence-electron chi connectivity index (χ4n) is 1.45. The van der Waals surface area contributed by atoms with Crippen molar-refractivity contribution in [3.63, 3.8) is 0 Å². The number of ether oxygens (including phenoxy) is 1. The molecule has 2 N–H and O–H groups in total. The summed E-state index contributed by atoms with van der Waals surface area (Å²) in [5, 5.41) is 8.87. The Morgan fingerprint density at radius 3 is 2.13 bits per heavy atom. The molecule has 0 atom stereocenters. The normalized spacial score (nSPS) is 11.7. The molecule has 0 radical (unpaired) electrons. The molecule has 0 aliphatic rings. The van der Waals surface area contributed by atoms with Gasteiger partial charge in [-0.1, -0.05) is 13.8 Å². The average Bonchev–Trinajstić information content (AvgIpc) is 2.36. The third-order valence-corrected chi connectivity index (χ3v) is 4.37. The molecule has 0 bridgehead atoms. The second-order valence-corrected chi connectivity index (χ2v) is 7.03. The summed E-state index contributed by atoms with van der Waals surface area (Å²) in [4.78, 5) is 22.3. The van der Waals surface area contributed by atoms with Crippen molar-refractivity contribution in [2.75, 3.05) is 0 Å². The molecule has 0 aromatic heterocycles. The van der Waals surface area contributed by atoms with Crippen LogP contribution in [0.25, 0.3) is 0 Å². The number of carboxylic acid groups (broad SMARTS) is 1. The van der Waals surface area contributed by atoms with Crippen LogP contribution in [0.15, 0.2) is 23.1 Å². The fraction of sp³-hybridized carbons (Fsp3) is 0.429. The van der Waals surface area contributed by atoms with Crippen LogP contribution in [-0.2, 0) is 14.9 Å². The third kappa shape index (κ3) is 5.58. The summed E-state index contributed by atoms with van der Waals surface area (Å²) in [5.74, 6) is -2.38. The number of esters is 1. The molecule has 0 spiro atoms. The number of hydrogen-bond donors (Lipinski definition) is 2. The van der Waals surface area contributed by atoms with Gasteiger partial charge in [0.15, 0.2) is 0 Å². The molecular weight excluding hydrogens is 335 g/mol. The molecule has 1 aromatic carbocycles. The van der Waals surface area contributed by atoms with Gasteiger partial charge in [-0.05, 0) is 38.0 Å². The summed E-state index contributed by atoms with van der Waals surface area (Å²) < 4.78 is 37.2. The van der Waals surface area contributed by atoms with Crippen molar-refractivity contribution < 1.29 is 32.4 Å². The van der Waals surface area contributed by atoms with Crippen LogP contribution in [0.3, 0.4) is 0 Å². The van der Waals surface area contributed by atoms with Crippen LogP contribution in [0, 0.1) is 5.92 Å². The first kappa shape index (κ1) is 22.1. The van der Waals surface area contributed by atoms with E-state index in [9.17, 15) is 22.6 Å². The summed E-state index contributed by atoms with van der Waals surface area (Å²) in [6.07, 6.45) is 0. The Balaban J connectivity index is 0.00000484. The number of carbonyl (C=O) groups excluding carboxylic acids is 1. The standard InChI is InChI=1S/C14H18O7S.Na.H/c1-8(2)14(3,4)21-13(17)10-6-5-9(12(15)16)7-11(10)22(18,19)20;;/h5-8H,1-4H3,(H,15,16)(H,18,19,20);;. The SMILES string of the molecule is CC(C)C(C)(C)OC(=O)c1ccc(C(=O)O)cc1S(=O)(=O)O.[NaH]. The zero-order chi connectivity index (χ0) is 17.3. The molecule has 0 heterocycles. The third-order valence-electron chi connectivity index (χ3n) is 3.47. The van der Waals surface area contributed by atoms with Gasteiger partial charge in [-0.15, -0.1) is 0 Å². The van der Waals surface area contributed by atoms with Crippen molar-refractivity contribution in [2.45, 2.75) is 38.2 Å². The van der Waals surface area contributed by atoms with Gasteiger partial charge < -0.3 is 9.84 Å². The van der Waals surface area contributed by atoms with E-state index in [1.165, 1.54) is 0 Å². The van der Waals surface area contributed by atoms with E-state index in [4.69, 9.17) is 9.84 Å². The number of hydrogen-bond acceptors (Lipinski definition) is 5. The summed E-state index contributed by atoms with van der Waals surface area (Å²) in [7, 11) is -4.77. The van der Waals surface area contributed by atoms with Crippen LogP contribution in [0.2, 0.25) is 0 Å². The Morgan fingerprint density at radius 1 is 1.22 bits per heavy atom. The molecule has 0 saturated carbocycles. The molecule has 0 saturated heterocycles. The molecule has 0 aliphatic heterocycles. The maximum atomic E-state index is 12.2. The zero-order valence-electron chi connectivity index (χ0n) is 12.7. The molecule has 124 valence electrons. The Morgan fingerprint density at radius 2 is 1.74 bits per heavy atom. The van der Waals surface area contributed by atoms with Crippen molar-refractivity contribution >= 4 is 51.6 Å². The van der Waals surface area contributed by atoms with E-state index in [1.807, 2.05) is 13.8 Å².